The Kier molecular flexibility index (Phi) is 4.87. The molecule has 0 amide bonds. The van der Waals surface area contributed by atoms with Crippen molar-refractivity contribution in [2.24, 2.45) is 5.92 Å². The van der Waals surface area contributed by atoms with Crippen molar-refractivity contribution >= 4 is 10.9 Å². The van der Waals surface area contributed by atoms with Gasteiger partial charge in [0.05, 0.1) is 17.8 Å². The Hall–Kier alpha value is -3.33. The highest BCUT2D eigenvalue weighted by Gasteiger charge is 2.20. The highest BCUT2D eigenvalue weighted by Crippen LogP contribution is 2.32. The van der Waals surface area contributed by atoms with Gasteiger partial charge in [0, 0.05) is 11.3 Å². The van der Waals surface area contributed by atoms with Crippen LogP contribution in [-0.2, 0) is 19.4 Å². The predicted molar refractivity (Wildman–Crippen MR) is 115 cm³/mol. The van der Waals surface area contributed by atoms with Crippen molar-refractivity contribution in [3.8, 4) is 11.5 Å². The second-order valence-corrected chi connectivity index (χ2v) is 7.62. The quantitative estimate of drug-likeness (QED) is 0.450. The van der Waals surface area contributed by atoms with Gasteiger partial charge in [0.15, 0.2) is 0 Å². The van der Waals surface area contributed by atoms with E-state index in [0.717, 1.165) is 47.5 Å². The molecule has 5 rings (SSSR count). The molecule has 0 radical (unpaired) electrons. The molecule has 1 aromatic heterocycles. The number of aromatic nitrogens is 1. The predicted octanol–water partition coefficient (Wildman–Crippen LogP) is 5.61. The van der Waals surface area contributed by atoms with Crippen LogP contribution in [0.25, 0.3) is 10.9 Å². The Morgan fingerprint density at radius 1 is 0.897 bits per heavy atom. The fraction of sp³-hybridized carbons (Fsp3) is 0.192. The van der Waals surface area contributed by atoms with E-state index in [1.165, 1.54) is 11.1 Å². The van der Waals surface area contributed by atoms with Gasteiger partial charge in [-0.1, -0.05) is 54.6 Å². The fourth-order valence-electron chi connectivity index (χ4n) is 3.95. The summed E-state index contributed by atoms with van der Waals surface area (Å²) in [5.41, 5.74) is 4.51. The maximum atomic E-state index is 6.04. The number of nitrogens with zero attached hydrogens (tertiary/aromatic N) is 1. The molecule has 3 aromatic carbocycles. The number of fused-ring (bicyclic) bond motifs is 2. The molecule has 0 saturated heterocycles. The molecule has 1 aliphatic heterocycles. The van der Waals surface area contributed by atoms with E-state index in [0.29, 0.717) is 12.5 Å². The zero-order valence-electron chi connectivity index (χ0n) is 16.3. The Morgan fingerprint density at radius 3 is 2.69 bits per heavy atom. The van der Waals surface area contributed by atoms with Gasteiger partial charge in [0.2, 0.25) is 0 Å². The van der Waals surface area contributed by atoms with Crippen LogP contribution in [0.4, 0.5) is 0 Å². The number of benzene rings is 3. The van der Waals surface area contributed by atoms with Crippen LogP contribution in [0.1, 0.15) is 16.8 Å². The van der Waals surface area contributed by atoms with Gasteiger partial charge in [-0.05, 0) is 54.3 Å². The first kappa shape index (κ1) is 17.7. The normalized spacial score (nSPS) is 15.5. The lowest BCUT2D eigenvalue weighted by molar-refractivity contribution is 0.220. The van der Waals surface area contributed by atoms with Crippen LogP contribution in [0.3, 0.4) is 0 Å². The summed E-state index contributed by atoms with van der Waals surface area (Å²) in [4.78, 5) is 4.69. The Labute approximate surface area is 170 Å². The van der Waals surface area contributed by atoms with Crippen molar-refractivity contribution in [2.75, 3.05) is 6.61 Å². The summed E-state index contributed by atoms with van der Waals surface area (Å²) in [5.74, 6) is 2.33. The van der Waals surface area contributed by atoms with E-state index in [9.17, 15) is 0 Å². The summed E-state index contributed by atoms with van der Waals surface area (Å²) in [5, 5.41) is 1.15. The molecule has 3 nitrogen and oxygen atoms in total. The molecule has 0 fully saturated rings. The van der Waals surface area contributed by atoms with Crippen molar-refractivity contribution < 1.29 is 9.47 Å². The molecule has 1 aliphatic rings. The first-order valence-corrected chi connectivity index (χ1v) is 10.1. The lowest BCUT2D eigenvalue weighted by Gasteiger charge is -2.26. The third-order valence-electron chi connectivity index (χ3n) is 5.43. The number of ether oxygens (including phenoxy) is 2. The fourth-order valence-corrected chi connectivity index (χ4v) is 3.95. The second-order valence-electron chi connectivity index (χ2n) is 7.62. The molecular formula is C26H23NO2. The first-order valence-electron chi connectivity index (χ1n) is 10.1. The molecule has 3 heteroatoms. The number of hydrogen-bond acceptors (Lipinski definition) is 3. The smallest absolute Gasteiger partial charge is 0.130 e. The molecule has 1 unspecified atom stereocenters. The summed E-state index contributed by atoms with van der Waals surface area (Å²) in [7, 11) is 0. The highest BCUT2D eigenvalue weighted by molar-refractivity contribution is 5.78. The minimum Gasteiger partial charge on any atom is -0.493 e. The maximum absolute atomic E-state index is 6.04. The molecule has 0 spiro atoms. The first-order chi connectivity index (χ1) is 14.3. The van der Waals surface area contributed by atoms with Gasteiger partial charge in [-0.2, -0.15) is 0 Å². The molecule has 0 saturated carbocycles. The Bertz CT molecular complexity index is 1120. The van der Waals surface area contributed by atoms with Crippen molar-refractivity contribution in [1.29, 1.82) is 0 Å². The van der Waals surface area contributed by atoms with E-state index in [2.05, 4.69) is 53.5 Å². The summed E-state index contributed by atoms with van der Waals surface area (Å²) < 4.78 is 12.0. The van der Waals surface area contributed by atoms with Crippen LogP contribution in [0, 0.1) is 5.92 Å². The maximum Gasteiger partial charge on any atom is 0.130 e. The lowest BCUT2D eigenvalue weighted by Crippen LogP contribution is -2.22. The monoisotopic (exact) mass is 381 g/mol. The van der Waals surface area contributed by atoms with Crippen molar-refractivity contribution in [2.45, 2.75) is 19.4 Å². The SMILES string of the molecule is c1ccc(CC2COc3ccc(OCc4ccc5ccccc5n4)cc3C2)cc1. The third-order valence-corrected chi connectivity index (χ3v) is 5.43. The number of hydrogen-bond donors (Lipinski definition) is 0. The molecular weight excluding hydrogens is 358 g/mol. The summed E-state index contributed by atoms with van der Waals surface area (Å²) in [6, 6.07) is 29.0. The third kappa shape index (κ3) is 4.09. The van der Waals surface area contributed by atoms with Crippen LogP contribution < -0.4 is 9.47 Å². The van der Waals surface area contributed by atoms with Crippen molar-refractivity contribution in [3.05, 3.63) is 102 Å². The molecule has 1 atom stereocenters. The van der Waals surface area contributed by atoms with Gasteiger partial charge >= 0.3 is 0 Å². The zero-order chi connectivity index (χ0) is 19.5. The summed E-state index contributed by atoms with van der Waals surface area (Å²) in [6.07, 6.45) is 2.04. The van der Waals surface area contributed by atoms with Crippen LogP contribution >= 0.6 is 0 Å². The Balaban J connectivity index is 1.27. The van der Waals surface area contributed by atoms with Crippen LogP contribution in [-0.4, -0.2) is 11.6 Å². The van der Waals surface area contributed by atoms with E-state index in [4.69, 9.17) is 9.47 Å². The number of pyridine rings is 1. The average molecular weight is 381 g/mol. The summed E-state index contributed by atoms with van der Waals surface area (Å²) >= 11 is 0. The van der Waals surface area contributed by atoms with Crippen LogP contribution in [0.5, 0.6) is 11.5 Å². The van der Waals surface area contributed by atoms with Gasteiger partial charge < -0.3 is 9.47 Å². The molecule has 0 bridgehead atoms. The molecule has 4 aromatic rings. The number of rotatable bonds is 5. The van der Waals surface area contributed by atoms with E-state index in [1.807, 2.05) is 36.4 Å². The standard InChI is InChI=1S/C26H23NO2/c1-2-6-19(7-3-1)14-20-15-22-16-24(12-13-26(22)29-17-20)28-18-23-11-10-21-8-4-5-9-25(21)27-23/h1-13,16,20H,14-15,17-18H2. The van der Waals surface area contributed by atoms with Crippen LogP contribution in [0.15, 0.2) is 84.9 Å². The minimum atomic E-state index is 0.456. The van der Waals surface area contributed by atoms with Gasteiger partial charge in [0.25, 0.3) is 0 Å². The molecule has 0 aliphatic carbocycles. The van der Waals surface area contributed by atoms with E-state index < -0.39 is 0 Å². The molecule has 0 N–H and O–H groups in total. The van der Waals surface area contributed by atoms with E-state index in [-0.39, 0.29) is 0 Å². The van der Waals surface area contributed by atoms with Crippen molar-refractivity contribution in [3.63, 3.8) is 0 Å². The number of para-hydroxylation sites is 1. The van der Waals surface area contributed by atoms with E-state index in [1.54, 1.807) is 0 Å². The highest BCUT2D eigenvalue weighted by atomic mass is 16.5. The topological polar surface area (TPSA) is 31.4 Å². The summed E-state index contributed by atoms with van der Waals surface area (Å²) in [6.45, 7) is 1.22. The molecule has 2 heterocycles. The minimum absolute atomic E-state index is 0.456. The average Bonchev–Trinajstić information content (AvgIpc) is 2.78. The Morgan fingerprint density at radius 2 is 1.76 bits per heavy atom. The largest absolute Gasteiger partial charge is 0.493 e. The molecule has 144 valence electrons. The second kappa shape index (κ2) is 7.96. The van der Waals surface area contributed by atoms with Gasteiger partial charge in [-0.15, -0.1) is 0 Å². The van der Waals surface area contributed by atoms with Gasteiger partial charge in [0.1, 0.15) is 18.1 Å². The van der Waals surface area contributed by atoms with E-state index >= 15 is 0 Å². The van der Waals surface area contributed by atoms with Crippen LogP contribution in [0.2, 0.25) is 0 Å². The molecule has 29 heavy (non-hydrogen) atoms. The zero-order valence-corrected chi connectivity index (χ0v) is 16.3. The van der Waals surface area contributed by atoms with Crippen molar-refractivity contribution in [1.82, 2.24) is 4.98 Å². The lowest BCUT2D eigenvalue weighted by atomic mass is 9.91. The van der Waals surface area contributed by atoms with Gasteiger partial charge in [-0.3, -0.25) is 0 Å². The van der Waals surface area contributed by atoms with Gasteiger partial charge in [-0.25, -0.2) is 4.98 Å².